The van der Waals surface area contributed by atoms with Gasteiger partial charge in [0.15, 0.2) is 12.1 Å². The fraction of sp³-hybridized carbons (Fsp3) is 0.200. The summed E-state index contributed by atoms with van der Waals surface area (Å²) in [5.74, 6) is -0.363. The molecule has 0 aliphatic heterocycles. The van der Waals surface area contributed by atoms with E-state index in [1.165, 1.54) is 0 Å². The van der Waals surface area contributed by atoms with Crippen LogP contribution in [0.3, 0.4) is 0 Å². The van der Waals surface area contributed by atoms with Gasteiger partial charge in [0.1, 0.15) is 0 Å². The Labute approximate surface area is 71.3 Å². The Bertz CT molecular complexity index is 272. The standard InChI is InChI=1S/C10H10O2/c1-8(7-11)10(12)9-5-3-2-4-6-9/h2-5,7,9H,1,6H2. The van der Waals surface area contributed by atoms with Crippen LogP contribution >= 0.6 is 0 Å². The molecular weight excluding hydrogens is 152 g/mol. The highest BCUT2D eigenvalue weighted by atomic mass is 16.1. The van der Waals surface area contributed by atoms with Crippen LogP contribution in [-0.4, -0.2) is 12.1 Å². The minimum absolute atomic E-state index is 0.0555. The second kappa shape index (κ2) is 3.81. The first-order chi connectivity index (χ1) is 5.75. The summed E-state index contributed by atoms with van der Waals surface area (Å²) in [6.07, 6.45) is 8.56. The van der Waals surface area contributed by atoms with Crippen molar-refractivity contribution in [3.05, 3.63) is 36.5 Å². The van der Waals surface area contributed by atoms with E-state index in [9.17, 15) is 9.59 Å². The SMILES string of the molecule is C=C(C=O)C(=O)C1C=CC=CC1. The Morgan fingerprint density at radius 3 is 2.75 bits per heavy atom. The summed E-state index contributed by atoms with van der Waals surface area (Å²) in [6, 6.07) is 0. The van der Waals surface area contributed by atoms with E-state index in [0.29, 0.717) is 12.7 Å². The van der Waals surface area contributed by atoms with Crippen LogP contribution in [-0.2, 0) is 9.59 Å². The average molecular weight is 162 g/mol. The van der Waals surface area contributed by atoms with E-state index in [-0.39, 0.29) is 17.3 Å². The summed E-state index contributed by atoms with van der Waals surface area (Å²) in [6.45, 7) is 3.37. The van der Waals surface area contributed by atoms with Crippen LogP contribution in [0, 0.1) is 5.92 Å². The maximum absolute atomic E-state index is 11.3. The molecule has 0 aromatic heterocycles. The predicted octanol–water partition coefficient (Wildman–Crippen LogP) is 1.44. The molecule has 0 fully saturated rings. The highest BCUT2D eigenvalue weighted by molar-refractivity contribution is 6.12. The van der Waals surface area contributed by atoms with Crippen molar-refractivity contribution in [3.8, 4) is 0 Å². The first kappa shape index (κ1) is 8.65. The highest BCUT2D eigenvalue weighted by Gasteiger charge is 2.17. The molecule has 0 aromatic rings. The van der Waals surface area contributed by atoms with E-state index in [1.54, 1.807) is 6.08 Å². The monoisotopic (exact) mass is 162 g/mol. The maximum Gasteiger partial charge on any atom is 0.172 e. The van der Waals surface area contributed by atoms with E-state index in [0.717, 1.165) is 0 Å². The summed E-state index contributed by atoms with van der Waals surface area (Å²) in [5, 5.41) is 0. The first-order valence-electron chi connectivity index (χ1n) is 3.77. The predicted molar refractivity (Wildman–Crippen MR) is 46.6 cm³/mol. The van der Waals surface area contributed by atoms with Gasteiger partial charge in [-0.3, -0.25) is 9.59 Å². The van der Waals surface area contributed by atoms with Crippen LogP contribution in [0.1, 0.15) is 6.42 Å². The normalized spacial score (nSPS) is 20.5. The number of Topliss-reactive ketones (excluding diaryl/α,β-unsaturated/α-hetero) is 1. The molecule has 12 heavy (non-hydrogen) atoms. The Hall–Kier alpha value is -1.44. The maximum atomic E-state index is 11.3. The number of carbonyl (C=O) groups excluding carboxylic acids is 2. The average Bonchev–Trinajstić information content (AvgIpc) is 2.17. The van der Waals surface area contributed by atoms with Crippen molar-refractivity contribution in [2.45, 2.75) is 6.42 Å². The summed E-state index contributed by atoms with van der Waals surface area (Å²) in [7, 11) is 0. The van der Waals surface area contributed by atoms with Crippen molar-refractivity contribution >= 4 is 12.1 Å². The number of ketones is 1. The van der Waals surface area contributed by atoms with Gasteiger partial charge in [-0.15, -0.1) is 0 Å². The van der Waals surface area contributed by atoms with Crippen molar-refractivity contribution in [1.29, 1.82) is 0 Å². The number of carbonyl (C=O) groups is 2. The number of hydrogen-bond acceptors (Lipinski definition) is 2. The van der Waals surface area contributed by atoms with Crippen molar-refractivity contribution in [3.63, 3.8) is 0 Å². The van der Waals surface area contributed by atoms with E-state index < -0.39 is 0 Å². The molecule has 2 heteroatoms. The molecule has 0 amide bonds. The third kappa shape index (κ3) is 1.78. The minimum atomic E-state index is -0.187. The molecule has 0 heterocycles. The van der Waals surface area contributed by atoms with Gasteiger partial charge in [0.05, 0.1) is 5.57 Å². The Balaban J connectivity index is 2.65. The van der Waals surface area contributed by atoms with E-state index >= 15 is 0 Å². The van der Waals surface area contributed by atoms with Crippen molar-refractivity contribution in [2.75, 3.05) is 0 Å². The van der Waals surface area contributed by atoms with E-state index in [4.69, 9.17) is 0 Å². The van der Waals surface area contributed by atoms with Gasteiger partial charge in [-0.25, -0.2) is 0 Å². The zero-order valence-corrected chi connectivity index (χ0v) is 6.69. The van der Waals surface area contributed by atoms with Gasteiger partial charge in [0.2, 0.25) is 0 Å². The van der Waals surface area contributed by atoms with Crippen LogP contribution in [0.15, 0.2) is 36.5 Å². The molecule has 62 valence electrons. The summed E-state index contributed by atoms with van der Waals surface area (Å²) in [4.78, 5) is 21.5. The molecule has 0 saturated carbocycles. The molecule has 1 aliphatic carbocycles. The lowest BCUT2D eigenvalue weighted by Gasteiger charge is -2.09. The zero-order chi connectivity index (χ0) is 8.97. The van der Waals surface area contributed by atoms with Gasteiger partial charge in [-0.2, -0.15) is 0 Å². The number of aldehydes is 1. The lowest BCUT2D eigenvalue weighted by Crippen LogP contribution is -2.15. The molecule has 0 spiro atoms. The number of allylic oxidation sites excluding steroid dienone is 5. The Kier molecular flexibility index (Phi) is 2.75. The molecular formula is C10H10O2. The van der Waals surface area contributed by atoms with Gasteiger partial charge >= 0.3 is 0 Å². The number of hydrogen-bond donors (Lipinski definition) is 0. The summed E-state index contributed by atoms with van der Waals surface area (Å²) < 4.78 is 0. The quantitative estimate of drug-likeness (QED) is 0.272. The third-order valence-corrected chi connectivity index (χ3v) is 1.78. The van der Waals surface area contributed by atoms with Crippen LogP contribution in [0.4, 0.5) is 0 Å². The fourth-order valence-electron chi connectivity index (χ4n) is 1.07. The summed E-state index contributed by atoms with van der Waals surface area (Å²) in [5.41, 5.74) is 0.0555. The lowest BCUT2D eigenvalue weighted by atomic mass is 9.93. The van der Waals surface area contributed by atoms with Crippen LogP contribution in [0.2, 0.25) is 0 Å². The molecule has 1 aliphatic rings. The molecule has 0 aromatic carbocycles. The molecule has 0 radical (unpaired) electrons. The topological polar surface area (TPSA) is 34.1 Å². The van der Waals surface area contributed by atoms with Crippen molar-refractivity contribution < 1.29 is 9.59 Å². The minimum Gasteiger partial charge on any atom is -0.298 e. The largest absolute Gasteiger partial charge is 0.298 e. The molecule has 1 unspecified atom stereocenters. The van der Waals surface area contributed by atoms with Gasteiger partial charge < -0.3 is 0 Å². The van der Waals surface area contributed by atoms with Crippen LogP contribution in [0.5, 0.6) is 0 Å². The molecule has 2 nitrogen and oxygen atoms in total. The lowest BCUT2D eigenvalue weighted by molar-refractivity contribution is -0.119. The van der Waals surface area contributed by atoms with Crippen molar-refractivity contribution in [1.82, 2.24) is 0 Å². The number of rotatable bonds is 3. The fourth-order valence-corrected chi connectivity index (χ4v) is 1.07. The zero-order valence-electron chi connectivity index (χ0n) is 6.69. The molecule has 1 rings (SSSR count). The van der Waals surface area contributed by atoms with Gasteiger partial charge in [-0.05, 0) is 6.42 Å². The van der Waals surface area contributed by atoms with Crippen LogP contribution in [0.25, 0.3) is 0 Å². The van der Waals surface area contributed by atoms with Gasteiger partial charge in [0, 0.05) is 5.92 Å². The molecule has 0 bridgehead atoms. The van der Waals surface area contributed by atoms with E-state index in [2.05, 4.69) is 6.58 Å². The van der Waals surface area contributed by atoms with Gasteiger partial charge in [0.25, 0.3) is 0 Å². The van der Waals surface area contributed by atoms with Crippen LogP contribution < -0.4 is 0 Å². The molecule has 0 N–H and O–H groups in total. The third-order valence-electron chi connectivity index (χ3n) is 1.78. The second-order valence-corrected chi connectivity index (χ2v) is 2.66. The van der Waals surface area contributed by atoms with Crippen molar-refractivity contribution in [2.24, 2.45) is 5.92 Å². The Morgan fingerprint density at radius 1 is 1.50 bits per heavy atom. The first-order valence-corrected chi connectivity index (χ1v) is 3.77. The molecule has 0 saturated heterocycles. The second-order valence-electron chi connectivity index (χ2n) is 2.66. The molecule has 1 atom stereocenters. The summed E-state index contributed by atoms with van der Waals surface area (Å²) >= 11 is 0. The smallest absolute Gasteiger partial charge is 0.172 e. The van der Waals surface area contributed by atoms with Gasteiger partial charge in [-0.1, -0.05) is 30.9 Å². The highest BCUT2D eigenvalue weighted by Crippen LogP contribution is 2.15. The van der Waals surface area contributed by atoms with E-state index in [1.807, 2.05) is 18.2 Å². The Morgan fingerprint density at radius 2 is 2.25 bits per heavy atom.